The fraction of sp³-hybridized carbons (Fsp3) is 0.950. The number of hydrogen-bond donors (Lipinski definition) is 1. The summed E-state index contributed by atoms with van der Waals surface area (Å²) >= 11 is 0. The van der Waals surface area contributed by atoms with E-state index in [9.17, 15) is 4.79 Å². The van der Waals surface area contributed by atoms with E-state index in [0.29, 0.717) is 17.9 Å². The Labute approximate surface area is 165 Å². The van der Waals surface area contributed by atoms with Crippen molar-refractivity contribution in [3.8, 4) is 0 Å². The first kappa shape index (κ1) is 20.9. The Morgan fingerprint density at radius 3 is 1.96 bits per heavy atom. The third-order valence-corrected chi connectivity index (χ3v) is 7.24. The van der Waals surface area contributed by atoms with E-state index in [2.05, 4.69) is 52.0 Å². The fourth-order valence-electron chi connectivity index (χ4n) is 4.46. The summed E-state index contributed by atoms with van der Waals surface area (Å²) in [6, 6.07) is 1.10. The van der Waals surface area contributed by atoms with E-state index >= 15 is 0 Å². The molecule has 0 unspecified atom stereocenters. The van der Waals surface area contributed by atoms with Crippen molar-refractivity contribution in [1.29, 1.82) is 0 Å². The average molecular weight is 379 g/mol. The van der Waals surface area contributed by atoms with Crippen LogP contribution in [0, 0.1) is 0 Å². The Kier molecular flexibility index (Phi) is 6.14. The number of likely N-dealkylation sites (tertiary alicyclic amines) is 1. The van der Waals surface area contributed by atoms with Crippen molar-refractivity contribution in [1.82, 2.24) is 15.1 Å². The van der Waals surface area contributed by atoms with Gasteiger partial charge in [-0.3, -0.25) is 0 Å². The standard InChI is InChI=1S/C20H38BN3O3/c1-19(2)20(3,4)27-21(26-19)15-11-13-24(14-12-15)18(25)22-16-7-9-17(10-8-16)23(5)6/h15-17H,7-14H2,1-6H3,(H,22,25). The molecule has 0 radical (unpaired) electrons. The Morgan fingerprint density at radius 1 is 0.963 bits per heavy atom. The number of carbonyl (C=O) groups excluding carboxylic acids is 1. The normalized spacial score (nSPS) is 31.4. The maximum Gasteiger partial charge on any atom is 0.461 e. The van der Waals surface area contributed by atoms with Gasteiger partial charge in [0.15, 0.2) is 0 Å². The minimum absolute atomic E-state index is 0.107. The number of amides is 2. The summed E-state index contributed by atoms with van der Waals surface area (Å²) in [6.07, 6.45) is 6.39. The van der Waals surface area contributed by atoms with Gasteiger partial charge < -0.3 is 24.4 Å². The molecule has 154 valence electrons. The van der Waals surface area contributed by atoms with Gasteiger partial charge >= 0.3 is 13.1 Å². The molecule has 6 nitrogen and oxygen atoms in total. The highest BCUT2D eigenvalue weighted by Crippen LogP contribution is 2.42. The minimum atomic E-state index is -0.280. The smallest absolute Gasteiger partial charge is 0.403 e. The van der Waals surface area contributed by atoms with Crippen LogP contribution in [-0.2, 0) is 9.31 Å². The van der Waals surface area contributed by atoms with Gasteiger partial charge in [0.25, 0.3) is 0 Å². The quantitative estimate of drug-likeness (QED) is 0.766. The van der Waals surface area contributed by atoms with E-state index in [1.807, 2.05) is 4.90 Å². The molecule has 3 rings (SSSR count). The van der Waals surface area contributed by atoms with Gasteiger partial charge in [-0.1, -0.05) is 0 Å². The van der Waals surface area contributed by atoms with Gasteiger partial charge in [-0.2, -0.15) is 0 Å². The van der Waals surface area contributed by atoms with Crippen LogP contribution in [0.5, 0.6) is 0 Å². The number of carbonyl (C=O) groups is 1. The number of hydrogen-bond acceptors (Lipinski definition) is 4. The molecule has 0 atom stereocenters. The highest BCUT2D eigenvalue weighted by molar-refractivity contribution is 6.47. The van der Waals surface area contributed by atoms with Crippen LogP contribution in [-0.4, -0.2) is 73.4 Å². The van der Waals surface area contributed by atoms with Crippen molar-refractivity contribution in [2.45, 2.75) is 95.3 Å². The molecule has 0 bridgehead atoms. The second-order valence-electron chi connectivity index (χ2n) is 9.87. The van der Waals surface area contributed by atoms with E-state index in [-0.39, 0.29) is 24.4 Å². The van der Waals surface area contributed by atoms with Crippen LogP contribution in [0.25, 0.3) is 0 Å². The second-order valence-corrected chi connectivity index (χ2v) is 9.87. The number of rotatable bonds is 3. The van der Waals surface area contributed by atoms with Crippen LogP contribution in [0.4, 0.5) is 4.79 Å². The molecular formula is C20H38BN3O3. The first-order chi connectivity index (χ1) is 12.6. The lowest BCUT2D eigenvalue weighted by atomic mass is 9.67. The van der Waals surface area contributed by atoms with Gasteiger partial charge in [-0.05, 0) is 86.1 Å². The summed E-state index contributed by atoms with van der Waals surface area (Å²) in [6.45, 7) is 9.96. The lowest BCUT2D eigenvalue weighted by molar-refractivity contribution is 0.00578. The molecule has 1 aliphatic carbocycles. The summed E-state index contributed by atoms with van der Waals surface area (Å²) in [5.41, 5.74) is -0.560. The largest absolute Gasteiger partial charge is 0.461 e. The molecule has 0 aromatic heterocycles. The molecule has 2 amide bonds. The van der Waals surface area contributed by atoms with Crippen LogP contribution in [0.3, 0.4) is 0 Å². The summed E-state index contributed by atoms with van der Waals surface area (Å²) in [5.74, 6) is 0.366. The SMILES string of the molecule is CN(C)C1CCC(NC(=O)N2CCC(B3OC(C)(C)C(C)(C)O3)CC2)CC1. The Bertz CT molecular complexity index is 509. The lowest BCUT2D eigenvalue weighted by Crippen LogP contribution is -2.50. The average Bonchev–Trinajstić information content (AvgIpc) is 2.83. The van der Waals surface area contributed by atoms with Gasteiger partial charge in [0, 0.05) is 25.2 Å². The van der Waals surface area contributed by atoms with Crippen LogP contribution < -0.4 is 5.32 Å². The van der Waals surface area contributed by atoms with E-state index in [1.54, 1.807) is 0 Å². The van der Waals surface area contributed by atoms with Crippen molar-refractivity contribution in [3.05, 3.63) is 0 Å². The van der Waals surface area contributed by atoms with Gasteiger partial charge in [0.2, 0.25) is 0 Å². The maximum atomic E-state index is 12.7. The van der Waals surface area contributed by atoms with Gasteiger partial charge in [0.05, 0.1) is 11.2 Å². The van der Waals surface area contributed by atoms with Crippen LogP contribution in [0.15, 0.2) is 0 Å². The van der Waals surface area contributed by atoms with Crippen LogP contribution in [0.2, 0.25) is 5.82 Å². The Balaban J connectivity index is 1.42. The maximum absolute atomic E-state index is 12.7. The summed E-state index contributed by atoms with van der Waals surface area (Å²) in [4.78, 5) is 16.9. The summed E-state index contributed by atoms with van der Waals surface area (Å²) in [7, 11) is 4.14. The number of piperidine rings is 1. The third-order valence-electron chi connectivity index (χ3n) is 7.24. The zero-order chi connectivity index (χ0) is 19.8. The van der Waals surface area contributed by atoms with E-state index in [0.717, 1.165) is 38.8 Å². The summed E-state index contributed by atoms with van der Waals surface area (Å²) < 4.78 is 12.4. The molecule has 27 heavy (non-hydrogen) atoms. The monoisotopic (exact) mass is 379 g/mol. The molecule has 2 aliphatic heterocycles. The van der Waals surface area contributed by atoms with Gasteiger partial charge in [-0.25, -0.2) is 4.79 Å². The van der Waals surface area contributed by atoms with Gasteiger partial charge in [-0.15, -0.1) is 0 Å². The Morgan fingerprint density at radius 2 is 1.48 bits per heavy atom. The molecule has 2 heterocycles. The van der Waals surface area contributed by atoms with Gasteiger partial charge in [0.1, 0.15) is 0 Å². The molecule has 1 saturated carbocycles. The zero-order valence-electron chi connectivity index (χ0n) is 18.1. The summed E-state index contributed by atoms with van der Waals surface area (Å²) in [5, 5.41) is 3.26. The molecule has 1 N–H and O–H groups in total. The number of nitrogens with zero attached hydrogens (tertiary/aromatic N) is 2. The highest BCUT2D eigenvalue weighted by Gasteiger charge is 2.53. The van der Waals surface area contributed by atoms with Crippen molar-refractivity contribution >= 4 is 13.1 Å². The van der Waals surface area contributed by atoms with E-state index < -0.39 is 0 Å². The first-order valence-electron chi connectivity index (χ1n) is 10.7. The van der Waals surface area contributed by atoms with Crippen molar-refractivity contribution in [2.75, 3.05) is 27.2 Å². The topological polar surface area (TPSA) is 54.0 Å². The van der Waals surface area contributed by atoms with Crippen LogP contribution >= 0.6 is 0 Å². The molecule has 3 fully saturated rings. The minimum Gasteiger partial charge on any atom is -0.403 e. The number of nitrogens with one attached hydrogen (secondary N) is 1. The number of urea groups is 1. The molecule has 0 aromatic rings. The van der Waals surface area contributed by atoms with E-state index in [4.69, 9.17) is 9.31 Å². The highest BCUT2D eigenvalue weighted by atomic mass is 16.7. The second kappa shape index (κ2) is 7.92. The third kappa shape index (κ3) is 4.62. The molecule has 3 aliphatic rings. The van der Waals surface area contributed by atoms with Crippen LogP contribution in [0.1, 0.15) is 66.2 Å². The lowest BCUT2D eigenvalue weighted by Gasteiger charge is -2.36. The molecule has 2 saturated heterocycles. The molecular weight excluding hydrogens is 341 g/mol. The van der Waals surface area contributed by atoms with E-state index in [1.165, 1.54) is 12.8 Å². The van der Waals surface area contributed by atoms with Crippen molar-refractivity contribution in [2.24, 2.45) is 0 Å². The zero-order valence-corrected chi connectivity index (χ0v) is 18.1. The Hall–Kier alpha value is -0.785. The molecule has 0 spiro atoms. The first-order valence-corrected chi connectivity index (χ1v) is 10.7. The fourth-order valence-corrected chi connectivity index (χ4v) is 4.46. The molecule has 7 heteroatoms. The predicted octanol–water partition coefficient (Wildman–Crippen LogP) is 3.13. The van der Waals surface area contributed by atoms with Crippen molar-refractivity contribution in [3.63, 3.8) is 0 Å². The predicted molar refractivity (Wildman–Crippen MR) is 109 cm³/mol. The van der Waals surface area contributed by atoms with Crippen molar-refractivity contribution < 1.29 is 14.1 Å². The molecule has 0 aromatic carbocycles.